The van der Waals surface area contributed by atoms with E-state index in [9.17, 15) is 19.5 Å². The molecule has 0 bridgehead atoms. The molecule has 3 N–H and O–H groups in total. The maximum atomic E-state index is 12.4. The van der Waals surface area contributed by atoms with Crippen LogP contribution in [0.2, 0.25) is 0 Å². The number of Topliss-reactive ketones (excluding diaryl/α,β-unsaturated/α-hetero) is 1. The quantitative estimate of drug-likeness (QED) is 0.469. The van der Waals surface area contributed by atoms with Gasteiger partial charge in [-0.1, -0.05) is 0 Å². The summed E-state index contributed by atoms with van der Waals surface area (Å²) in [5, 5.41) is 13.4. The first-order valence-electron chi connectivity index (χ1n) is 9.11. The molecular formula is C18H30N3O6P. The Morgan fingerprint density at radius 1 is 1.46 bits per heavy atom. The molecule has 0 amide bonds. The average Bonchev–Trinajstić information content (AvgIpc) is 2.89. The maximum absolute atomic E-state index is 12.4. The minimum atomic E-state index is -1.29. The number of nitrogens with one attached hydrogen (secondary N) is 2. The monoisotopic (exact) mass is 415 g/mol. The fourth-order valence-corrected chi connectivity index (χ4v) is 4.08. The van der Waals surface area contributed by atoms with Crippen LogP contribution in [0.4, 0.5) is 0 Å². The van der Waals surface area contributed by atoms with Crippen LogP contribution >= 0.6 is 6.89 Å². The van der Waals surface area contributed by atoms with E-state index in [1.165, 1.54) is 24.8 Å². The molecule has 28 heavy (non-hydrogen) atoms. The highest BCUT2D eigenvalue weighted by atomic mass is 31.2. The Labute approximate surface area is 164 Å². The predicted molar refractivity (Wildman–Crippen MR) is 110 cm³/mol. The summed E-state index contributed by atoms with van der Waals surface area (Å²) in [5.41, 5.74) is -0.905. The SMILES string of the molecule is C=P(C)(C)CC[C@H]1OC(n2cc(CNCC(C)=O)c(=O)[nH]c2=O)[C@H](OC)[C@@H]1O. The molecule has 0 radical (unpaired) electrons. The molecule has 0 aromatic carbocycles. The molecule has 1 aromatic heterocycles. The number of aliphatic hydroxyl groups is 1. The third-order valence-corrected chi connectivity index (χ3v) is 6.08. The lowest BCUT2D eigenvalue weighted by atomic mass is 10.1. The van der Waals surface area contributed by atoms with Crippen molar-refractivity contribution in [1.82, 2.24) is 14.9 Å². The molecule has 4 atom stereocenters. The van der Waals surface area contributed by atoms with E-state index in [1.54, 1.807) is 0 Å². The predicted octanol–water partition coefficient (Wildman–Crippen LogP) is -0.412. The molecule has 0 saturated carbocycles. The summed E-state index contributed by atoms with van der Waals surface area (Å²) in [4.78, 5) is 37.7. The second-order valence-corrected chi connectivity index (χ2v) is 12.1. The Balaban J connectivity index is 2.26. The lowest BCUT2D eigenvalue weighted by molar-refractivity contribution is -0.116. The standard InChI is InChI=1S/C18H30N3O6P/c1-11(22)8-19-9-12-10-21(18(25)20-16(12)24)17-15(26-2)14(23)13(27-17)6-7-28(3,4)5/h10,13-15,17,19,23H,3,6-9H2,1-2,4-5H3,(H,20,24,25)/t13-,14-,15-,17?/m1/s1. The molecule has 1 fully saturated rings. The molecule has 1 aromatic rings. The van der Waals surface area contributed by atoms with E-state index < -0.39 is 42.7 Å². The number of carbonyl (C=O) groups excluding carboxylic acids is 1. The first-order chi connectivity index (χ1) is 13.0. The van der Waals surface area contributed by atoms with E-state index in [1.807, 2.05) is 0 Å². The molecule has 1 aliphatic rings. The average molecular weight is 415 g/mol. The summed E-state index contributed by atoms with van der Waals surface area (Å²) in [5.74, 6) is -0.0644. The van der Waals surface area contributed by atoms with Gasteiger partial charge in [0.2, 0.25) is 0 Å². The lowest BCUT2D eigenvalue weighted by Crippen LogP contribution is -2.40. The van der Waals surface area contributed by atoms with Gasteiger partial charge in [-0.05, 0) is 32.8 Å². The number of aromatic amines is 1. The first kappa shape index (κ1) is 22.8. The number of rotatable bonds is 9. The van der Waals surface area contributed by atoms with E-state index in [2.05, 4.69) is 29.9 Å². The largest absolute Gasteiger partial charge is 0.388 e. The van der Waals surface area contributed by atoms with Crippen molar-refractivity contribution in [2.75, 3.05) is 33.1 Å². The summed E-state index contributed by atoms with van der Waals surface area (Å²) in [6, 6.07) is 0. The van der Waals surface area contributed by atoms with E-state index in [0.29, 0.717) is 6.42 Å². The van der Waals surface area contributed by atoms with Crippen molar-refractivity contribution in [2.24, 2.45) is 0 Å². The molecule has 0 aliphatic carbocycles. The maximum Gasteiger partial charge on any atom is 0.330 e. The zero-order valence-electron chi connectivity index (χ0n) is 16.8. The second-order valence-electron chi connectivity index (χ2n) is 7.83. The van der Waals surface area contributed by atoms with Crippen molar-refractivity contribution < 1.29 is 19.4 Å². The van der Waals surface area contributed by atoms with E-state index in [0.717, 1.165) is 6.16 Å². The van der Waals surface area contributed by atoms with Gasteiger partial charge in [-0.15, -0.1) is 13.2 Å². The molecule has 1 aliphatic heterocycles. The molecule has 1 saturated heterocycles. The van der Waals surface area contributed by atoms with Crippen LogP contribution in [0.1, 0.15) is 25.1 Å². The van der Waals surface area contributed by atoms with Crippen molar-refractivity contribution in [1.29, 1.82) is 0 Å². The molecule has 2 rings (SSSR count). The molecule has 0 spiro atoms. The Hall–Kier alpha value is -1.51. The van der Waals surface area contributed by atoms with Crippen LogP contribution in [0.25, 0.3) is 0 Å². The molecule has 10 heteroatoms. The number of aliphatic hydroxyl groups excluding tert-OH is 1. The zero-order chi connectivity index (χ0) is 21.1. The van der Waals surface area contributed by atoms with Gasteiger partial charge in [-0.25, -0.2) is 4.79 Å². The van der Waals surface area contributed by atoms with Crippen molar-refractivity contribution in [2.45, 2.75) is 44.4 Å². The fourth-order valence-electron chi connectivity index (χ4n) is 3.13. The van der Waals surface area contributed by atoms with Crippen molar-refractivity contribution >= 4 is 19.0 Å². The van der Waals surface area contributed by atoms with Gasteiger partial charge in [-0.3, -0.25) is 19.1 Å². The van der Waals surface area contributed by atoms with Gasteiger partial charge in [0.05, 0.1) is 12.6 Å². The highest BCUT2D eigenvalue weighted by Crippen LogP contribution is 2.39. The molecule has 158 valence electrons. The molecule has 9 nitrogen and oxygen atoms in total. The van der Waals surface area contributed by atoms with Gasteiger partial charge in [-0.2, -0.15) is 0 Å². The normalized spacial score (nSPS) is 25.2. The van der Waals surface area contributed by atoms with Gasteiger partial charge in [0, 0.05) is 25.4 Å². The number of aromatic nitrogens is 2. The first-order valence-corrected chi connectivity index (χ1v) is 12.2. The van der Waals surface area contributed by atoms with E-state index in [-0.39, 0.29) is 24.4 Å². The van der Waals surface area contributed by atoms with Gasteiger partial charge in [0.1, 0.15) is 18.0 Å². The van der Waals surface area contributed by atoms with Gasteiger partial charge in [0.15, 0.2) is 6.23 Å². The van der Waals surface area contributed by atoms with Crippen LogP contribution in [0.5, 0.6) is 0 Å². The number of hydrogen-bond donors (Lipinski definition) is 3. The lowest BCUT2D eigenvalue weighted by Gasteiger charge is -2.21. The Morgan fingerprint density at radius 3 is 2.71 bits per heavy atom. The Kier molecular flexibility index (Phi) is 7.59. The Bertz CT molecular complexity index is 858. The summed E-state index contributed by atoms with van der Waals surface area (Å²) in [7, 11) is 1.44. The van der Waals surface area contributed by atoms with Crippen molar-refractivity contribution in [3.63, 3.8) is 0 Å². The van der Waals surface area contributed by atoms with Crippen molar-refractivity contribution in [3.05, 3.63) is 32.6 Å². The number of ketones is 1. The number of hydrogen-bond acceptors (Lipinski definition) is 7. The number of ether oxygens (including phenoxy) is 2. The van der Waals surface area contributed by atoms with Crippen LogP contribution in [-0.4, -0.2) is 78.2 Å². The van der Waals surface area contributed by atoms with Crippen LogP contribution in [0.3, 0.4) is 0 Å². The van der Waals surface area contributed by atoms with Crippen LogP contribution in [0, 0.1) is 0 Å². The summed E-state index contributed by atoms with van der Waals surface area (Å²) >= 11 is 0. The fraction of sp³-hybridized carbons (Fsp3) is 0.667. The number of methoxy groups -OCH3 is 1. The molecule has 2 heterocycles. The smallest absolute Gasteiger partial charge is 0.330 e. The minimum Gasteiger partial charge on any atom is -0.388 e. The number of nitrogens with zero attached hydrogens (tertiary/aromatic N) is 1. The number of carbonyl (C=O) groups is 1. The summed E-state index contributed by atoms with van der Waals surface area (Å²) < 4.78 is 12.6. The third-order valence-electron chi connectivity index (χ3n) is 4.61. The van der Waals surface area contributed by atoms with Gasteiger partial charge < -0.3 is 19.9 Å². The highest BCUT2D eigenvalue weighted by molar-refractivity contribution is 7.72. The zero-order valence-corrected chi connectivity index (χ0v) is 17.7. The summed E-state index contributed by atoms with van der Waals surface area (Å²) in [6.45, 7) is 4.58. The van der Waals surface area contributed by atoms with Crippen LogP contribution < -0.4 is 16.6 Å². The van der Waals surface area contributed by atoms with Gasteiger partial charge >= 0.3 is 5.69 Å². The topological polar surface area (TPSA) is 123 Å². The third kappa shape index (κ3) is 5.75. The molecule has 1 unspecified atom stereocenters. The van der Waals surface area contributed by atoms with Gasteiger partial charge in [0.25, 0.3) is 5.56 Å². The van der Waals surface area contributed by atoms with E-state index in [4.69, 9.17) is 9.47 Å². The van der Waals surface area contributed by atoms with Crippen LogP contribution in [-0.2, 0) is 20.8 Å². The van der Waals surface area contributed by atoms with Crippen LogP contribution in [0.15, 0.2) is 15.8 Å². The van der Waals surface area contributed by atoms with Crippen molar-refractivity contribution in [3.8, 4) is 0 Å². The highest BCUT2D eigenvalue weighted by Gasteiger charge is 2.45. The molecular weight excluding hydrogens is 385 g/mol. The summed E-state index contributed by atoms with van der Waals surface area (Å²) in [6.07, 6.45) is 3.97. The minimum absolute atomic E-state index is 0.0644. The van der Waals surface area contributed by atoms with E-state index >= 15 is 0 Å². The second kappa shape index (κ2) is 9.33. The number of H-pyrrole nitrogens is 1. The Morgan fingerprint density at radius 2 is 2.14 bits per heavy atom.